The van der Waals surface area contributed by atoms with Crippen molar-refractivity contribution in [2.75, 3.05) is 11.5 Å². The molecule has 0 aromatic heterocycles. The van der Waals surface area contributed by atoms with E-state index in [1.165, 1.54) is 0 Å². The molecule has 0 saturated carbocycles. The summed E-state index contributed by atoms with van der Waals surface area (Å²) in [6.45, 7) is 2.46. The van der Waals surface area contributed by atoms with Crippen LogP contribution in [0.15, 0.2) is 54.6 Å². The zero-order chi connectivity index (χ0) is 13.7. The van der Waals surface area contributed by atoms with E-state index in [0.717, 1.165) is 16.8 Å². The summed E-state index contributed by atoms with van der Waals surface area (Å²) in [4.78, 5) is 14.9. The van der Waals surface area contributed by atoms with E-state index in [1.807, 2.05) is 49.4 Å². The van der Waals surface area contributed by atoms with Crippen LogP contribution in [0.1, 0.15) is 28.9 Å². The third kappa shape index (κ3) is 1.26. The molecule has 2 unspecified atom stereocenters. The Morgan fingerprint density at radius 3 is 2.55 bits per heavy atom. The van der Waals surface area contributed by atoms with E-state index in [0.29, 0.717) is 6.61 Å². The number of benzene rings is 2. The molecule has 20 heavy (non-hydrogen) atoms. The van der Waals surface area contributed by atoms with Crippen molar-refractivity contribution in [2.24, 2.45) is 0 Å². The summed E-state index contributed by atoms with van der Waals surface area (Å²) in [6, 6.07) is 17.9. The number of rotatable bonds is 3. The number of para-hydroxylation sites is 1. The second-order valence-corrected chi connectivity index (χ2v) is 5.16. The Hall–Kier alpha value is -2.13. The van der Waals surface area contributed by atoms with E-state index in [9.17, 15) is 4.79 Å². The van der Waals surface area contributed by atoms with Gasteiger partial charge in [0.15, 0.2) is 0 Å². The molecule has 3 nitrogen and oxygen atoms in total. The lowest BCUT2D eigenvalue weighted by atomic mass is 9.99. The van der Waals surface area contributed by atoms with Crippen molar-refractivity contribution in [3.63, 3.8) is 0 Å². The van der Waals surface area contributed by atoms with Gasteiger partial charge in [-0.1, -0.05) is 42.5 Å². The first-order valence-electron chi connectivity index (χ1n) is 6.92. The number of hydrogen-bond donors (Lipinski definition) is 0. The summed E-state index contributed by atoms with van der Waals surface area (Å²) in [5, 5.41) is 0. The lowest BCUT2D eigenvalue weighted by Crippen LogP contribution is -2.28. The molecule has 100 valence electrons. The van der Waals surface area contributed by atoms with Gasteiger partial charge in [0.2, 0.25) is 11.5 Å². The van der Waals surface area contributed by atoms with Crippen molar-refractivity contribution in [1.82, 2.24) is 0 Å². The molecule has 2 aromatic carbocycles. The highest BCUT2D eigenvalue weighted by Crippen LogP contribution is 2.63. The second kappa shape index (κ2) is 3.93. The van der Waals surface area contributed by atoms with Crippen LogP contribution in [0, 0.1) is 0 Å². The Morgan fingerprint density at radius 2 is 1.80 bits per heavy atom. The van der Waals surface area contributed by atoms with Crippen LogP contribution in [0.3, 0.4) is 0 Å². The molecular formula is C17H15NO2. The maximum Gasteiger partial charge on any atom is 0.231 e. The minimum absolute atomic E-state index is 0.00560. The van der Waals surface area contributed by atoms with Gasteiger partial charge in [0.1, 0.15) is 6.04 Å². The molecule has 3 heteroatoms. The van der Waals surface area contributed by atoms with Gasteiger partial charge in [0, 0.05) is 12.2 Å². The fourth-order valence-corrected chi connectivity index (χ4v) is 3.34. The summed E-state index contributed by atoms with van der Waals surface area (Å²) in [5.74, 6) is 0.0869. The van der Waals surface area contributed by atoms with Gasteiger partial charge in [0.05, 0.1) is 5.69 Å². The predicted molar refractivity (Wildman–Crippen MR) is 76.8 cm³/mol. The van der Waals surface area contributed by atoms with Crippen LogP contribution in [0.4, 0.5) is 5.69 Å². The minimum atomic E-state index is -0.806. The van der Waals surface area contributed by atoms with Crippen molar-refractivity contribution in [1.29, 1.82) is 0 Å². The Balaban J connectivity index is 1.84. The van der Waals surface area contributed by atoms with E-state index >= 15 is 0 Å². The molecule has 2 aromatic rings. The van der Waals surface area contributed by atoms with Gasteiger partial charge < -0.3 is 9.64 Å². The van der Waals surface area contributed by atoms with E-state index in [1.54, 1.807) is 0 Å². The van der Waals surface area contributed by atoms with Gasteiger partial charge >= 0.3 is 0 Å². The quantitative estimate of drug-likeness (QED) is 0.798. The summed E-state index contributed by atoms with van der Waals surface area (Å²) >= 11 is 0. The van der Waals surface area contributed by atoms with Crippen LogP contribution in [-0.2, 0) is 4.74 Å². The number of anilines is 1. The number of ether oxygens (including phenoxy) is 1. The molecule has 0 bridgehead atoms. The van der Waals surface area contributed by atoms with E-state index < -0.39 is 5.72 Å². The van der Waals surface area contributed by atoms with Crippen molar-refractivity contribution in [2.45, 2.75) is 18.7 Å². The Labute approximate surface area is 117 Å². The SMILES string of the molecule is CCOC12C(=O)c3ccccc3N1C2c1ccccc1. The molecule has 1 fully saturated rings. The van der Waals surface area contributed by atoms with Crippen LogP contribution in [0.25, 0.3) is 0 Å². The molecule has 2 heterocycles. The third-order valence-corrected chi connectivity index (χ3v) is 4.13. The second-order valence-electron chi connectivity index (χ2n) is 5.16. The molecule has 0 radical (unpaired) electrons. The normalized spacial score (nSPS) is 26.4. The van der Waals surface area contributed by atoms with Crippen molar-refractivity contribution in [3.05, 3.63) is 65.7 Å². The first-order chi connectivity index (χ1) is 9.80. The van der Waals surface area contributed by atoms with Crippen LogP contribution < -0.4 is 4.90 Å². The highest BCUT2D eigenvalue weighted by Gasteiger charge is 2.74. The lowest BCUT2D eigenvalue weighted by Gasteiger charge is -2.11. The van der Waals surface area contributed by atoms with E-state index in [-0.39, 0.29) is 11.8 Å². The van der Waals surface area contributed by atoms with Crippen molar-refractivity contribution in [3.8, 4) is 0 Å². The van der Waals surface area contributed by atoms with Gasteiger partial charge in [-0.3, -0.25) is 4.79 Å². The number of fused-ring (bicyclic) bond motifs is 3. The summed E-state index contributed by atoms with van der Waals surface area (Å²) in [7, 11) is 0. The molecule has 0 amide bonds. The molecular weight excluding hydrogens is 250 g/mol. The van der Waals surface area contributed by atoms with Crippen molar-refractivity contribution < 1.29 is 9.53 Å². The number of hydrogen-bond acceptors (Lipinski definition) is 3. The first kappa shape index (κ1) is 11.7. The number of carbonyl (C=O) groups is 1. The Morgan fingerprint density at radius 1 is 1.10 bits per heavy atom. The van der Waals surface area contributed by atoms with Crippen LogP contribution >= 0.6 is 0 Å². The number of carbonyl (C=O) groups excluding carboxylic acids is 1. The van der Waals surface area contributed by atoms with Gasteiger partial charge in [-0.15, -0.1) is 0 Å². The predicted octanol–water partition coefficient (Wildman–Crippen LogP) is 3.18. The number of nitrogens with zero attached hydrogens (tertiary/aromatic N) is 1. The van der Waals surface area contributed by atoms with Gasteiger partial charge in [-0.25, -0.2) is 0 Å². The number of ketones is 1. The average Bonchev–Trinajstić information content (AvgIpc) is 3.10. The third-order valence-electron chi connectivity index (χ3n) is 4.13. The minimum Gasteiger partial charge on any atom is -0.347 e. The smallest absolute Gasteiger partial charge is 0.231 e. The fourth-order valence-electron chi connectivity index (χ4n) is 3.34. The first-order valence-corrected chi connectivity index (χ1v) is 6.92. The maximum atomic E-state index is 12.8. The Bertz CT molecular complexity index is 676. The van der Waals surface area contributed by atoms with Gasteiger partial charge in [-0.05, 0) is 24.6 Å². The zero-order valence-corrected chi connectivity index (χ0v) is 11.2. The van der Waals surface area contributed by atoms with Gasteiger partial charge in [0.25, 0.3) is 0 Å². The molecule has 2 atom stereocenters. The highest BCUT2D eigenvalue weighted by molar-refractivity contribution is 6.18. The highest BCUT2D eigenvalue weighted by atomic mass is 16.5. The maximum absolute atomic E-state index is 12.8. The van der Waals surface area contributed by atoms with Crippen LogP contribution in [-0.4, -0.2) is 18.1 Å². The van der Waals surface area contributed by atoms with E-state index in [2.05, 4.69) is 17.0 Å². The van der Waals surface area contributed by atoms with Crippen LogP contribution in [0.2, 0.25) is 0 Å². The topological polar surface area (TPSA) is 29.3 Å². The molecule has 0 aliphatic carbocycles. The van der Waals surface area contributed by atoms with Crippen molar-refractivity contribution >= 4 is 11.5 Å². The average molecular weight is 265 g/mol. The Kier molecular flexibility index (Phi) is 2.30. The number of Topliss-reactive ketones (excluding diaryl/α,β-unsaturated/α-hetero) is 1. The fraction of sp³-hybridized carbons (Fsp3) is 0.235. The largest absolute Gasteiger partial charge is 0.347 e. The lowest BCUT2D eigenvalue weighted by molar-refractivity contribution is 0.0340. The summed E-state index contributed by atoms with van der Waals surface area (Å²) < 4.78 is 5.90. The summed E-state index contributed by atoms with van der Waals surface area (Å²) in [6.07, 6.45) is 0. The molecule has 2 aliphatic rings. The molecule has 4 rings (SSSR count). The van der Waals surface area contributed by atoms with Crippen LogP contribution in [0.5, 0.6) is 0 Å². The van der Waals surface area contributed by atoms with Gasteiger partial charge in [-0.2, -0.15) is 0 Å². The standard InChI is InChI=1S/C17H15NO2/c1-2-20-17-15(12-8-4-3-5-9-12)18(17)14-11-7-6-10-13(14)16(17)19/h3-11,15H,2H2,1H3. The van der Waals surface area contributed by atoms with E-state index in [4.69, 9.17) is 4.74 Å². The summed E-state index contributed by atoms with van der Waals surface area (Å²) in [5.41, 5.74) is 2.08. The molecule has 1 saturated heterocycles. The zero-order valence-electron chi connectivity index (χ0n) is 11.2. The molecule has 2 aliphatic heterocycles. The molecule has 0 spiro atoms. The monoisotopic (exact) mass is 265 g/mol. The molecule has 0 N–H and O–H groups in total.